The summed E-state index contributed by atoms with van der Waals surface area (Å²) in [6.07, 6.45) is 0.694. The van der Waals surface area contributed by atoms with Gasteiger partial charge in [-0.2, -0.15) is 0 Å². The van der Waals surface area contributed by atoms with Crippen LogP contribution in [-0.2, 0) is 4.74 Å². The summed E-state index contributed by atoms with van der Waals surface area (Å²) in [5.41, 5.74) is 5.79. The Balaban J connectivity index is 2.30. The Morgan fingerprint density at radius 3 is 2.83 bits per heavy atom. The quantitative estimate of drug-likeness (QED) is 0.782. The average molecular weight is 253 g/mol. The van der Waals surface area contributed by atoms with E-state index in [1.54, 1.807) is 0 Å². The molecular formula is C12H15NO5. The molecule has 0 unspecified atom stereocenters. The van der Waals surface area contributed by atoms with Gasteiger partial charge in [0, 0.05) is 18.6 Å². The number of benzene rings is 1. The molecule has 1 saturated heterocycles. The van der Waals surface area contributed by atoms with Gasteiger partial charge < -0.3 is 25.1 Å². The van der Waals surface area contributed by atoms with E-state index in [1.807, 2.05) is 0 Å². The van der Waals surface area contributed by atoms with Crippen LogP contribution in [0.2, 0.25) is 0 Å². The second-order valence-corrected chi connectivity index (χ2v) is 4.00. The summed E-state index contributed by atoms with van der Waals surface area (Å²) in [7, 11) is 1.48. The van der Waals surface area contributed by atoms with Crippen molar-refractivity contribution in [3.8, 4) is 11.5 Å². The van der Waals surface area contributed by atoms with Crippen LogP contribution >= 0.6 is 0 Å². The SMILES string of the molecule is COc1cc(N)c(C(=O)O)cc1O[C@H]1CCOC1. The highest BCUT2D eigenvalue weighted by Crippen LogP contribution is 2.33. The van der Waals surface area contributed by atoms with Gasteiger partial charge in [-0.3, -0.25) is 0 Å². The zero-order valence-electron chi connectivity index (χ0n) is 10.0. The van der Waals surface area contributed by atoms with Crippen LogP contribution in [-0.4, -0.2) is 37.5 Å². The zero-order valence-corrected chi connectivity index (χ0v) is 10.0. The van der Waals surface area contributed by atoms with Gasteiger partial charge in [-0.15, -0.1) is 0 Å². The minimum Gasteiger partial charge on any atom is -0.493 e. The van der Waals surface area contributed by atoms with Crippen LogP contribution in [0.4, 0.5) is 5.69 Å². The monoisotopic (exact) mass is 253 g/mol. The maximum atomic E-state index is 11.0. The van der Waals surface area contributed by atoms with Crippen LogP contribution in [0.5, 0.6) is 11.5 Å². The first kappa shape index (κ1) is 12.5. The van der Waals surface area contributed by atoms with Crippen LogP contribution < -0.4 is 15.2 Å². The number of carboxylic acids is 1. The summed E-state index contributed by atoms with van der Waals surface area (Å²) >= 11 is 0. The van der Waals surface area contributed by atoms with Crippen LogP contribution in [0.15, 0.2) is 12.1 Å². The maximum absolute atomic E-state index is 11.0. The number of methoxy groups -OCH3 is 1. The van der Waals surface area contributed by atoms with E-state index >= 15 is 0 Å². The topological polar surface area (TPSA) is 91.0 Å². The molecule has 0 aromatic heterocycles. The largest absolute Gasteiger partial charge is 0.493 e. The zero-order chi connectivity index (χ0) is 13.1. The molecule has 1 heterocycles. The minimum atomic E-state index is -1.09. The molecule has 3 N–H and O–H groups in total. The summed E-state index contributed by atoms with van der Waals surface area (Å²) in [6.45, 7) is 1.14. The van der Waals surface area contributed by atoms with E-state index in [4.69, 9.17) is 25.1 Å². The van der Waals surface area contributed by atoms with E-state index < -0.39 is 5.97 Å². The Morgan fingerprint density at radius 1 is 1.50 bits per heavy atom. The molecule has 0 aliphatic carbocycles. The molecule has 1 atom stereocenters. The van der Waals surface area contributed by atoms with Crippen molar-refractivity contribution in [2.45, 2.75) is 12.5 Å². The standard InChI is InChI=1S/C12H15NO5/c1-16-10-5-9(13)8(12(14)15)4-11(10)18-7-2-3-17-6-7/h4-5,7H,2-3,6,13H2,1H3,(H,14,15)/t7-/m0/s1. The lowest BCUT2D eigenvalue weighted by Gasteiger charge is -2.16. The summed E-state index contributed by atoms with van der Waals surface area (Å²) in [5.74, 6) is -0.299. The lowest BCUT2D eigenvalue weighted by molar-refractivity contribution is 0.0697. The third-order valence-electron chi connectivity index (χ3n) is 2.75. The van der Waals surface area contributed by atoms with E-state index in [9.17, 15) is 4.79 Å². The van der Waals surface area contributed by atoms with Gasteiger partial charge >= 0.3 is 5.97 Å². The minimum absolute atomic E-state index is 0.00437. The van der Waals surface area contributed by atoms with Crippen LogP contribution in [0, 0.1) is 0 Å². The fourth-order valence-corrected chi connectivity index (χ4v) is 1.80. The average Bonchev–Trinajstić information content (AvgIpc) is 2.83. The Labute approximate surface area is 104 Å². The number of hydrogen-bond acceptors (Lipinski definition) is 5. The highest BCUT2D eigenvalue weighted by atomic mass is 16.6. The van der Waals surface area contributed by atoms with Crippen molar-refractivity contribution in [1.29, 1.82) is 0 Å². The molecule has 0 amide bonds. The third kappa shape index (κ3) is 2.48. The molecule has 1 aliphatic heterocycles. The van der Waals surface area contributed by atoms with Gasteiger partial charge in [-0.1, -0.05) is 0 Å². The number of carboxylic acid groups (broad SMARTS) is 1. The van der Waals surface area contributed by atoms with Crippen molar-refractivity contribution in [3.05, 3.63) is 17.7 Å². The molecule has 98 valence electrons. The van der Waals surface area contributed by atoms with Crippen molar-refractivity contribution in [3.63, 3.8) is 0 Å². The van der Waals surface area contributed by atoms with Crippen molar-refractivity contribution in [2.24, 2.45) is 0 Å². The van der Waals surface area contributed by atoms with E-state index in [0.29, 0.717) is 24.7 Å². The van der Waals surface area contributed by atoms with Crippen molar-refractivity contribution >= 4 is 11.7 Å². The molecule has 6 heteroatoms. The van der Waals surface area contributed by atoms with Crippen LogP contribution in [0.25, 0.3) is 0 Å². The van der Waals surface area contributed by atoms with Gasteiger partial charge in [0.2, 0.25) is 0 Å². The number of nitrogens with two attached hydrogens (primary N) is 1. The molecular weight excluding hydrogens is 238 g/mol. The summed E-state index contributed by atoms with van der Waals surface area (Å²) in [5, 5.41) is 9.01. The van der Waals surface area contributed by atoms with Gasteiger partial charge in [0.05, 0.1) is 31.6 Å². The molecule has 0 bridgehead atoms. The Kier molecular flexibility index (Phi) is 3.57. The summed E-state index contributed by atoms with van der Waals surface area (Å²) in [6, 6.07) is 2.84. The molecule has 0 saturated carbocycles. The van der Waals surface area contributed by atoms with Gasteiger partial charge in [-0.05, 0) is 0 Å². The molecule has 1 fully saturated rings. The Bertz CT molecular complexity index is 454. The molecule has 0 spiro atoms. The smallest absolute Gasteiger partial charge is 0.337 e. The van der Waals surface area contributed by atoms with Gasteiger partial charge in [0.15, 0.2) is 11.5 Å². The first-order chi connectivity index (χ1) is 8.61. The number of carbonyl (C=O) groups is 1. The fourth-order valence-electron chi connectivity index (χ4n) is 1.80. The third-order valence-corrected chi connectivity index (χ3v) is 2.75. The van der Waals surface area contributed by atoms with Crippen molar-refractivity contribution < 1.29 is 24.1 Å². The number of rotatable bonds is 4. The second kappa shape index (κ2) is 5.14. The van der Waals surface area contributed by atoms with E-state index in [1.165, 1.54) is 19.2 Å². The van der Waals surface area contributed by atoms with Crippen LogP contribution in [0.1, 0.15) is 16.8 Å². The van der Waals surface area contributed by atoms with E-state index in [-0.39, 0.29) is 17.4 Å². The van der Waals surface area contributed by atoms with Crippen molar-refractivity contribution in [2.75, 3.05) is 26.1 Å². The lowest BCUT2D eigenvalue weighted by Crippen LogP contribution is -2.17. The Hall–Kier alpha value is -1.95. The number of ether oxygens (including phenoxy) is 3. The molecule has 0 radical (unpaired) electrons. The normalized spacial score (nSPS) is 18.6. The number of anilines is 1. The highest BCUT2D eigenvalue weighted by molar-refractivity contribution is 5.94. The first-order valence-electron chi connectivity index (χ1n) is 5.57. The summed E-state index contributed by atoms with van der Waals surface area (Å²) < 4.78 is 16.0. The predicted octanol–water partition coefficient (Wildman–Crippen LogP) is 1.14. The number of hydrogen-bond donors (Lipinski definition) is 2. The first-order valence-corrected chi connectivity index (χ1v) is 5.57. The molecule has 1 aromatic carbocycles. The number of nitrogen functional groups attached to an aromatic ring is 1. The maximum Gasteiger partial charge on any atom is 0.337 e. The van der Waals surface area contributed by atoms with Crippen LogP contribution in [0.3, 0.4) is 0 Å². The molecule has 18 heavy (non-hydrogen) atoms. The van der Waals surface area contributed by atoms with E-state index in [0.717, 1.165) is 6.42 Å². The fraction of sp³-hybridized carbons (Fsp3) is 0.417. The summed E-state index contributed by atoms with van der Waals surface area (Å²) in [4.78, 5) is 11.0. The molecule has 1 aromatic rings. The number of aromatic carboxylic acids is 1. The highest BCUT2D eigenvalue weighted by Gasteiger charge is 2.21. The predicted molar refractivity (Wildman–Crippen MR) is 64.2 cm³/mol. The van der Waals surface area contributed by atoms with Crippen molar-refractivity contribution in [1.82, 2.24) is 0 Å². The molecule has 6 nitrogen and oxygen atoms in total. The molecule has 2 rings (SSSR count). The van der Waals surface area contributed by atoms with E-state index in [2.05, 4.69) is 0 Å². The molecule has 1 aliphatic rings. The lowest BCUT2D eigenvalue weighted by atomic mass is 10.1. The van der Waals surface area contributed by atoms with Gasteiger partial charge in [0.1, 0.15) is 6.10 Å². The Morgan fingerprint density at radius 2 is 2.28 bits per heavy atom. The van der Waals surface area contributed by atoms with Gasteiger partial charge in [0.25, 0.3) is 0 Å². The van der Waals surface area contributed by atoms with Gasteiger partial charge in [-0.25, -0.2) is 4.79 Å². The second-order valence-electron chi connectivity index (χ2n) is 4.00.